The van der Waals surface area contributed by atoms with Crippen molar-refractivity contribution in [1.29, 1.82) is 0 Å². The Hall–Kier alpha value is -1.86. The highest BCUT2D eigenvalue weighted by Crippen LogP contribution is 2.12. The van der Waals surface area contributed by atoms with E-state index in [2.05, 4.69) is 55.5 Å². The van der Waals surface area contributed by atoms with Crippen molar-refractivity contribution < 1.29 is 21.9 Å². The first-order valence-electron chi connectivity index (χ1n) is 9.94. The number of carbonyl (C=O) groups is 1. The summed E-state index contributed by atoms with van der Waals surface area (Å²) in [5, 5.41) is 0. The molecule has 28 heavy (non-hydrogen) atoms. The minimum absolute atomic E-state index is 0.0729. The van der Waals surface area contributed by atoms with Crippen LogP contribution in [0.3, 0.4) is 0 Å². The molecule has 0 fully saturated rings. The Labute approximate surface area is 170 Å². The number of unbranched alkanes of at least 4 members (excludes halogenated alkanes) is 5. The maximum atomic E-state index is 10.5. The summed E-state index contributed by atoms with van der Waals surface area (Å²) in [6.45, 7) is 6.10. The predicted molar refractivity (Wildman–Crippen MR) is 112 cm³/mol. The van der Waals surface area contributed by atoms with E-state index in [1.54, 1.807) is 4.72 Å². The van der Waals surface area contributed by atoms with Crippen molar-refractivity contribution in [2.75, 3.05) is 20.6 Å². The number of nitrogens with one attached hydrogen (secondary N) is 1. The summed E-state index contributed by atoms with van der Waals surface area (Å²) >= 11 is 0. The van der Waals surface area contributed by atoms with E-state index in [4.69, 9.17) is 0 Å². The molecule has 1 aliphatic heterocycles. The Kier molecular flexibility index (Phi) is 10.2. The van der Waals surface area contributed by atoms with Gasteiger partial charge in [0, 0.05) is 11.6 Å². The molecule has 1 aromatic carbocycles. The molecule has 0 radical (unpaired) electrons. The Morgan fingerprint density at radius 2 is 1.61 bits per heavy atom. The second-order valence-corrected chi connectivity index (χ2v) is 9.11. The van der Waals surface area contributed by atoms with Gasteiger partial charge >= 0.3 is 10.3 Å². The maximum Gasteiger partial charge on any atom is 0.409 e. The van der Waals surface area contributed by atoms with Crippen LogP contribution in [0.1, 0.15) is 57.9 Å². The van der Waals surface area contributed by atoms with Crippen molar-refractivity contribution >= 4 is 16.2 Å². The predicted octanol–water partition coefficient (Wildman–Crippen LogP) is 3.90. The first-order chi connectivity index (χ1) is 13.1. The van der Waals surface area contributed by atoms with Crippen LogP contribution in [0.2, 0.25) is 0 Å². The summed E-state index contributed by atoms with van der Waals surface area (Å²) in [6, 6.07) is 10.8. The lowest BCUT2D eigenvalue weighted by atomic mass is 10.1. The fourth-order valence-electron chi connectivity index (χ4n) is 3.03. The Morgan fingerprint density at radius 1 is 1.00 bits per heavy atom. The van der Waals surface area contributed by atoms with E-state index in [9.17, 15) is 13.2 Å². The third-order valence-corrected chi connectivity index (χ3v) is 5.31. The van der Waals surface area contributed by atoms with Gasteiger partial charge in [0.2, 0.25) is 0 Å². The van der Waals surface area contributed by atoms with Gasteiger partial charge in [0.1, 0.15) is 12.3 Å². The summed E-state index contributed by atoms with van der Waals surface area (Å²) in [7, 11) is 0.844. The van der Waals surface area contributed by atoms with Crippen LogP contribution in [0, 0.1) is 0 Å². The number of hydrogen-bond acceptors (Lipinski definition) is 4. The molecule has 0 unspecified atom stereocenters. The lowest BCUT2D eigenvalue weighted by Gasteiger charge is -2.30. The lowest BCUT2D eigenvalue weighted by Crippen LogP contribution is -2.39. The smallest absolute Gasteiger partial charge is 0.371 e. The van der Waals surface area contributed by atoms with Crippen molar-refractivity contribution in [2.45, 2.75) is 58.9 Å². The first-order valence-corrected chi connectivity index (χ1v) is 11.3. The van der Waals surface area contributed by atoms with Gasteiger partial charge in [-0.15, -0.1) is 0 Å². The van der Waals surface area contributed by atoms with Crippen molar-refractivity contribution in [2.24, 2.45) is 0 Å². The van der Waals surface area contributed by atoms with Gasteiger partial charge in [0.05, 0.1) is 20.6 Å². The molecule has 158 valence electrons. The highest BCUT2D eigenvalue weighted by molar-refractivity contribution is 7.85. The number of benzene rings is 1. The quantitative estimate of drug-likeness (QED) is 0.494. The van der Waals surface area contributed by atoms with E-state index in [0.29, 0.717) is 0 Å². The molecule has 0 aliphatic carbocycles. The van der Waals surface area contributed by atoms with Crippen LogP contribution in [0.25, 0.3) is 0 Å². The van der Waals surface area contributed by atoms with E-state index >= 15 is 0 Å². The molecule has 0 spiro atoms. The van der Waals surface area contributed by atoms with Crippen LogP contribution in [-0.4, -0.2) is 39.4 Å². The summed E-state index contributed by atoms with van der Waals surface area (Å²) < 4.78 is 27.9. The zero-order valence-corrected chi connectivity index (χ0v) is 18.4. The molecule has 0 bridgehead atoms. The largest absolute Gasteiger partial charge is 0.409 e. The summed E-state index contributed by atoms with van der Waals surface area (Å²) in [5.41, 5.74) is 1.45. The van der Waals surface area contributed by atoms with Crippen LogP contribution < -0.4 is 4.72 Å². The second kappa shape index (κ2) is 11.9. The SMILES string of the molecule is CC1=CC(=O)NS(=O)(=O)O1.CCCCCCCC[N+](C)(C)Cc1ccccc1. The van der Waals surface area contributed by atoms with Gasteiger partial charge in [0.25, 0.3) is 5.91 Å². The molecule has 0 saturated heterocycles. The van der Waals surface area contributed by atoms with E-state index in [-0.39, 0.29) is 5.76 Å². The van der Waals surface area contributed by atoms with Gasteiger partial charge in [-0.3, -0.25) is 4.79 Å². The number of nitrogens with zero attached hydrogens (tertiary/aromatic N) is 1. The van der Waals surface area contributed by atoms with Gasteiger partial charge in [-0.1, -0.05) is 62.9 Å². The normalized spacial score (nSPS) is 15.6. The van der Waals surface area contributed by atoms with Crippen molar-refractivity contribution in [1.82, 2.24) is 4.72 Å². The number of hydrogen-bond donors (Lipinski definition) is 1. The highest BCUT2D eigenvalue weighted by atomic mass is 32.2. The van der Waals surface area contributed by atoms with Crippen LogP contribution >= 0.6 is 0 Å². The van der Waals surface area contributed by atoms with E-state index in [1.807, 2.05) is 0 Å². The molecule has 0 saturated carbocycles. The molecule has 1 heterocycles. The number of quaternary nitrogens is 1. The third kappa shape index (κ3) is 11.1. The standard InChI is InChI=1S/C17H30N.C4H5NO4S/c1-4-5-6-7-8-12-15-18(2,3)16-17-13-10-9-11-14-17;1-3-2-4(6)5-10(7,8)9-3/h9-11,13-14H,4-8,12,15-16H2,1-3H3;2H,1H3,(H,5,6)/q+1;. The average Bonchev–Trinajstić information content (AvgIpc) is 2.57. The van der Waals surface area contributed by atoms with Gasteiger partial charge < -0.3 is 8.67 Å². The molecule has 1 N–H and O–H groups in total. The molecule has 6 nitrogen and oxygen atoms in total. The minimum Gasteiger partial charge on any atom is -0.371 e. The van der Waals surface area contributed by atoms with Crippen molar-refractivity contribution in [3.05, 3.63) is 47.7 Å². The first kappa shape index (κ1) is 24.2. The molecule has 7 heteroatoms. The number of amides is 1. The molecule has 1 aromatic rings. The van der Waals surface area contributed by atoms with Crippen LogP contribution in [-0.2, 0) is 25.8 Å². The monoisotopic (exact) mass is 411 g/mol. The minimum atomic E-state index is -3.85. The highest BCUT2D eigenvalue weighted by Gasteiger charge is 2.20. The fourth-order valence-corrected chi connectivity index (χ4v) is 3.77. The zero-order valence-electron chi connectivity index (χ0n) is 17.6. The molecule has 0 aromatic heterocycles. The van der Waals surface area contributed by atoms with Gasteiger partial charge in [-0.05, 0) is 19.8 Å². The van der Waals surface area contributed by atoms with Gasteiger partial charge in [0.15, 0.2) is 0 Å². The Bertz CT molecular complexity index is 728. The maximum absolute atomic E-state index is 10.5. The molecule has 0 atom stereocenters. The third-order valence-electron chi connectivity index (χ3n) is 4.37. The molecule has 1 aliphatic rings. The number of carbonyl (C=O) groups excluding carboxylic acids is 1. The van der Waals surface area contributed by atoms with Gasteiger partial charge in [-0.25, -0.2) is 4.72 Å². The Morgan fingerprint density at radius 3 is 2.18 bits per heavy atom. The summed E-state index contributed by atoms with van der Waals surface area (Å²) in [5.74, 6) is -0.604. The van der Waals surface area contributed by atoms with Crippen LogP contribution in [0.4, 0.5) is 0 Å². The van der Waals surface area contributed by atoms with E-state index < -0.39 is 16.2 Å². The molecule has 2 rings (SSSR count). The van der Waals surface area contributed by atoms with Crippen molar-refractivity contribution in [3.8, 4) is 0 Å². The molecular formula is C21H35N2O4S+. The second-order valence-electron chi connectivity index (χ2n) is 7.83. The molecular weight excluding hydrogens is 376 g/mol. The molecule has 1 amide bonds. The van der Waals surface area contributed by atoms with E-state index in [1.165, 1.54) is 57.6 Å². The van der Waals surface area contributed by atoms with Gasteiger partial charge in [-0.2, -0.15) is 8.42 Å². The van der Waals surface area contributed by atoms with E-state index in [0.717, 1.165) is 17.1 Å². The Balaban J connectivity index is 0.000000330. The summed E-state index contributed by atoms with van der Waals surface area (Å²) in [6.07, 6.45) is 9.40. The van der Waals surface area contributed by atoms with Crippen LogP contribution in [0.15, 0.2) is 42.2 Å². The fraction of sp³-hybridized carbons (Fsp3) is 0.571. The lowest BCUT2D eigenvalue weighted by molar-refractivity contribution is -0.903. The summed E-state index contributed by atoms with van der Waals surface area (Å²) in [4.78, 5) is 10.4. The van der Waals surface area contributed by atoms with Crippen LogP contribution in [0.5, 0.6) is 0 Å². The number of allylic oxidation sites excluding steroid dienone is 1. The topological polar surface area (TPSA) is 72.5 Å². The number of rotatable bonds is 9. The zero-order chi connectivity index (χ0) is 21.0. The average molecular weight is 412 g/mol. The van der Waals surface area contributed by atoms with Crippen molar-refractivity contribution in [3.63, 3.8) is 0 Å².